The van der Waals surface area contributed by atoms with Gasteiger partial charge in [-0.3, -0.25) is 4.79 Å². The summed E-state index contributed by atoms with van der Waals surface area (Å²) >= 11 is 0.559. The van der Waals surface area contributed by atoms with Crippen molar-refractivity contribution in [3.8, 4) is 0 Å². The molecule has 1 aliphatic carbocycles. The molecule has 94 valence electrons. The maximum Gasteiger partial charge on any atom is 0.443 e. The number of alkyl halides is 3. The van der Waals surface area contributed by atoms with Crippen molar-refractivity contribution in [1.29, 1.82) is 0 Å². The lowest BCUT2D eigenvalue weighted by Gasteiger charge is -2.12. The summed E-state index contributed by atoms with van der Waals surface area (Å²) in [4.78, 5) is 14.7. The molecule has 2 rings (SSSR count). The maximum absolute atomic E-state index is 12.4. The molecule has 2 atom stereocenters. The second-order valence-corrected chi connectivity index (χ2v) is 5.11. The minimum absolute atomic E-state index is 0.318. The van der Waals surface area contributed by atoms with Crippen LogP contribution in [0.4, 0.5) is 13.2 Å². The predicted molar refractivity (Wildman–Crippen MR) is 54.8 cm³/mol. The Morgan fingerprint density at radius 2 is 2.18 bits per heavy atom. The quantitative estimate of drug-likeness (QED) is 0.893. The highest BCUT2D eigenvalue weighted by Gasteiger charge is 2.39. The molecular formula is C10H10F3NO2S. The zero-order valence-electron chi connectivity index (χ0n) is 8.70. The highest BCUT2D eigenvalue weighted by atomic mass is 32.1. The molecule has 1 aromatic rings. The van der Waals surface area contributed by atoms with Gasteiger partial charge in [-0.15, -0.1) is 11.3 Å². The van der Waals surface area contributed by atoms with Crippen LogP contribution < -0.4 is 0 Å². The zero-order valence-corrected chi connectivity index (χ0v) is 9.51. The van der Waals surface area contributed by atoms with Gasteiger partial charge in [-0.1, -0.05) is 6.42 Å². The van der Waals surface area contributed by atoms with Gasteiger partial charge in [-0.2, -0.15) is 13.2 Å². The second-order valence-electron chi connectivity index (χ2n) is 4.05. The number of hydrogen-bond donors (Lipinski definition) is 1. The van der Waals surface area contributed by atoms with Gasteiger partial charge in [0.05, 0.1) is 5.92 Å². The van der Waals surface area contributed by atoms with E-state index >= 15 is 0 Å². The lowest BCUT2D eigenvalue weighted by Crippen LogP contribution is -2.15. The summed E-state index contributed by atoms with van der Waals surface area (Å²) in [6.07, 6.45) is -1.39. The van der Waals surface area contributed by atoms with Crippen LogP contribution in [0.5, 0.6) is 0 Å². The lowest BCUT2D eigenvalue weighted by molar-refractivity contribution is -0.142. The summed E-state index contributed by atoms with van der Waals surface area (Å²) in [6, 6.07) is 0. The van der Waals surface area contributed by atoms with Gasteiger partial charge in [0, 0.05) is 17.0 Å². The molecule has 17 heavy (non-hydrogen) atoms. The first-order valence-corrected chi connectivity index (χ1v) is 5.97. The molecule has 0 radical (unpaired) electrons. The highest BCUT2D eigenvalue weighted by Crippen LogP contribution is 2.43. The molecule has 1 aliphatic rings. The van der Waals surface area contributed by atoms with E-state index in [0.717, 1.165) is 6.42 Å². The Morgan fingerprint density at radius 1 is 1.47 bits per heavy atom. The Kier molecular flexibility index (Phi) is 3.11. The SMILES string of the molecule is O=C(O)C1CCCC1c1cnc(C(F)(F)F)s1. The first kappa shape index (κ1) is 12.3. The summed E-state index contributed by atoms with van der Waals surface area (Å²) in [5.41, 5.74) is 0. The molecule has 3 nitrogen and oxygen atoms in total. The summed E-state index contributed by atoms with van der Waals surface area (Å²) in [5.74, 6) is -1.83. The average Bonchev–Trinajstić information content (AvgIpc) is 2.85. The minimum atomic E-state index is -4.44. The predicted octanol–water partition coefficient (Wildman–Crippen LogP) is 3.13. The highest BCUT2D eigenvalue weighted by molar-refractivity contribution is 7.11. The van der Waals surface area contributed by atoms with Crippen molar-refractivity contribution in [2.45, 2.75) is 31.4 Å². The molecule has 1 heterocycles. The van der Waals surface area contributed by atoms with Crippen LogP contribution in [0.2, 0.25) is 0 Å². The average molecular weight is 265 g/mol. The van der Waals surface area contributed by atoms with Crippen LogP contribution in [-0.4, -0.2) is 16.1 Å². The number of carboxylic acids is 1. The number of rotatable bonds is 2. The van der Waals surface area contributed by atoms with Gasteiger partial charge in [0.2, 0.25) is 0 Å². The third-order valence-electron chi connectivity index (χ3n) is 2.96. The molecule has 1 aromatic heterocycles. The van der Waals surface area contributed by atoms with Crippen molar-refractivity contribution in [2.75, 3.05) is 0 Å². The first-order valence-electron chi connectivity index (χ1n) is 5.15. The summed E-state index contributed by atoms with van der Waals surface area (Å²) in [6.45, 7) is 0. The fourth-order valence-corrected chi connectivity index (χ4v) is 3.17. The van der Waals surface area contributed by atoms with Gasteiger partial charge in [-0.05, 0) is 12.8 Å². The fourth-order valence-electron chi connectivity index (χ4n) is 2.19. The van der Waals surface area contributed by atoms with Crippen LogP contribution in [0.3, 0.4) is 0 Å². The Morgan fingerprint density at radius 3 is 2.71 bits per heavy atom. The van der Waals surface area contributed by atoms with Gasteiger partial charge in [0.15, 0.2) is 5.01 Å². The van der Waals surface area contributed by atoms with Gasteiger partial charge in [-0.25, -0.2) is 4.98 Å². The van der Waals surface area contributed by atoms with Crippen LogP contribution >= 0.6 is 11.3 Å². The van der Waals surface area contributed by atoms with Crippen molar-refractivity contribution in [1.82, 2.24) is 4.98 Å². The number of thiazole rings is 1. The van der Waals surface area contributed by atoms with E-state index in [0.29, 0.717) is 29.1 Å². The monoisotopic (exact) mass is 265 g/mol. The number of aromatic nitrogens is 1. The minimum Gasteiger partial charge on any atom is -0.481 e. The Hall–Kier alpha value is -1.11. The molecule has 0 bridgehead atoms. The molecular weight excluding hydrogens is 255 g/mol. The zero-order chi connectivity index (χ0) is 12.6. The summed E-state index contributed by atoms with van der Waals surface area (Å²) in [7, 11) is 0. The van der Waals surface area contributed by atoms with E-state index < -0.39 is 23.1 Å². The van der Waals surface area contributed by atoms with Crippen molar-refractivity contribution in [3.05, 3.63) is 16.1 Å². The third kappa shape index (κ3) is 2.43. The van der Waals surface area contributed by atoms with Gasteiger partial charge in [0.1, 0.15) is 0 Å². The molecule has 0 aliphatic heterocycles. The summed E-state index contributed by atoms with van der Waals surface area (Å²) < 4.78 is 37.1. The molecule has 0 saturated heterocycles. The standard InChI is InChI=1S/C10H10F3NO2S/c11-10(12,13)9-14-4-7(17-9)5-2-1-3-6(5)8(15)16/h4-6H,1-3H2,(H,15,16). The van der Waals surface area contributed by atoms with Gasteiger partial charge < -0.3 is 5.11 Å². The molecule has 1 saturated carbocycles. The molecule has 1 N–H and O–H groups in total. The second kappa shape index (κ2) is 4.29. The Balaban J connectivity index is 2.23. The molecule has 0 amide bonds. The van der Waals surface area contributed by atoms with E-state index in [1.807, 2.05) is 0 Å². The van der Waals surface area contributed by atoms with E-state index in [1.165, 1.54) is 6.20 Å². The van der Waals surface area contributed by atoms with Crippen LogP contribution in [-0.2, 0) is 11.0 Å². The van der Waals surface area contributed by atoms with E-state index in [9.17, 15) is 18.0 Å². The maximum atomic E-state index is 12.4. The number of aliphatic carboxylic acids is 1. The van der Waals surface area contributed by atoms with Crippen molar-refractivity contribution in [3.63, 3.8) is 0 Å². The first-order chi connectivity index (χ1) is 7.89. The fraction of sp³-hybridized carbons (Fsp3) is 0.600. The van der Waals surface area contributed by atoms with Crippen LogP contribution in [0.1, 0.15) is 35.1 Å². The number of carboxylic acid groups (broad SMARTS) is 1. The van der Waals surface area contributed by atoms with E-state index in [2.05, 4.69) is 4.98 Å². The van der Waals surface area contributed by atoms with Gasteiger partial charge >= 0.3 is 12.1 Å². The largest absolute Gasteiger partial charge is 0.481 e. The van der Waals surface area contributed by atoms with Crippen LogP contribution in [0.25, 0.3) is 0 Å². The molecule has 1 fully saturated rings. The number of hydrogen-bond acceptors (Lipinski definition) is 3. The Labute approximate surface area is 99.3 Å². The topological polar surface area (TPSA) is 50.2 Å². The Bertz CT molecular complexity index is 429. The van der Waals surface area contributed by atoms with Crippen molar-refractivity contribution >= 4 is 17.3 Å². The van der Waals surface area contributed by atoms with E-state index in [-0.39, 0.29) is 5.92 Å². The normalized spacial score (nSPS) is 25.1. The number of halogens is 3. The smallest absolute Gasteiger partial charge is 0.443 e. The van der Waals surface area contributed by atoms with Crippen LogP contribution in [0, 0.1) is 5.92 Å². The number of carbonyl (C=O) groups is 1. The number of nitrogens with zero attached hydrogens (tertiary/aromatic N) is 1. The van der Waals surface area contributed by atoms with E-state index in [1.54, 1.807) is 0 Å². The molecule has 0 spiro atoms. The van der Waals surface area contributed by atoms with Crippen LogP contribution in [0.15, 0.2) is 6.20 Å². The third-order valence-corrected chi connectivity index (χ3v) is 4.14. The summed E-state index contributed by atoms with van der Waals surface area (Å²) in [5, 5.41) is 8.07. The van der Waals surface area contributed by atoms with E-state index in [4.69, 9.17) is 5.11 Å². The van der Waals surface area contributed by atoms with Crippen molar-refractivity contribution in [2.24, 2.45) is 5.92 Å². The molecule has 7 heteroatoms. The van der Waals surface area contributed by atoms with Crippen molar-refractivity contribution < 1.29 is 23.1 Å². The molecule has 0 aromatic carbocycles. The lowest BCUT2D eigenvalue weighted by atomic mass is 9.95. The van der Waals surface area contributed by atoms with Gasteiger partial charge in [0.25, 0.3) is 0 Å². The molecule has 2 unspecified atom stereocenters.